The predicted octanol–water partition coefficient (Wildman–Crippen LogP) is 0.151. The number of benzene rings is 1. The summed E-state index contributed by atoms with van der Waals surface area (Å²) in [5.41, 5.74) is -0.0122. The van der Waals surface area contributed by atoms with E-state index in [1.54, 1.807) is 7.11 Å². The molecule has 0 fully saturated rings. The molecule has 0 heterocycles. The van der Waals surface area contributed by atoms with Gasteiger partial charge >= 0.3 is 0 Å². The maximum Gasteiger partial charge on any atom is 0.293 e. The highest BCUT2D eigenvalue weighted by molar-refractivity contribution is 7.89. The summed E-state index contributed by atoms with van der Waals surface area (Å²) in [5, 5.41) is 17.1. The van der Waals surface area contributed by atoms with E-state index in [2.05, 4.69) is 15.4 Å². The van der Waals surface area contributed by atoms with E-state index >= 15 is 0 Å². The van der Waals surface area contributed by atoms with Crippen molar-refractivity contribution in [2.45, 2.75) is 4.90 Å². The monoisotopic (exact) mass is 332 g/mol. The van der Waals surface area contributed by atoms with Crippen LogP contribution in [-0.4, -0.2) is 53.7 Å². The van der Waals surface area contributed by atoms with Gasteiger partial charge in [-0.15, -0.1) is 0 Å². The van der Waals surface area contributed by atoms with Gasteiger partial charge in [0.2, 0.25) is 10.0 Å². The summed E-state index contributed by atoms with van der Waals surface area (Å²) in [7, 11) is -0.865. The number of anilines is 1. The zero-order valence-electron chi connectivity index (χ0n) is 12.5. The molecule has 0 radical (unpaired) electrons. The summed E-state index contributed by atoms with van der Waals surface area (Å²) in [5.74, 6) is 0. The fourth-order valence-corrected chi connectivity index (χ4v) is 2.43. The van der Waals surface area contributed by atoms with Gasteiger partial charge < -0.3 is 15.4 Å². The van der Waals surface area contributed by atoms with E-state index in [4.69, 9.17) is 4.74 Å². The van der Waals surface area contributed by atoms with E-state index in [1.807, 2.05) is 0 Å². The molecule has 0 unspecified atom stereocenters. The minimum Gasteiger partial charge on any atom is -0.383 e. The van der Waals surface area contributed by atoms with E-state index in [0.717, 1.165) is 6.07 Å². The summed E-state index contributed by atoms with van der Waals surface area (Å²) < 4.78 is 30.3. The van der Waals surface area contributed by atoms with Crippen LogP contribution in [0.5, 0.6) is 0 Å². The molecule has 9 nitrogen and oxygen atoms in total. The Balaban J connectivity index is 2.77. The normalized spacial score (nSPS) is 11.4. The van der Waals surface area contributed by atoms with Gasteiger partial charge in [-0.05, 0) is 19.2 Å². The van der Waals surface area contributed by atoms with Crippen LogP contribution in [0.15, 0.2) is 23.1 Å². The second kappa shape index (κ2) is 8.63. The second-order valence-corrected chi connectivity index (χ2v) is 6.20. The van der Waals surface area contributed by atoms with Crippen molar-refractivity contribution in [3.63, 3.8) is 0 Å². The van der Waals surface area contributed by atoms with Crippen molar-refractivity contribution in [1.82, 2.24) is 10.0 Å². The highest BCUT2D eigenvalue weighted by Gasteiger charge is 2.20. The van der Waals surface area contributed by atoms with Gasteiger partial charge in [0.05, 0.1) is 16.4 Å². The molecular weight excluding hydrogens is 312 g/mol. The Kier molecular flexibility index (Phi) is 7.18. The van der Waals surface area contributed by atoms with Crippen molar-refractivity contribution in [2.75, 3.05) is 45.7 Å². The first-order valence-electron chi connectivity index (χ1n) is 6.58. The summed E-state index contributed by atoms with van der Waals surface area (Å²) in [6.45, 7) is 2.32. The summed E-state index contributed by atoms with van der Waals surface area (Å²) in [6, 6.07) is 3.74. The Labute approximate surface area is 129 Å². The number of nitro groups is 1. The van der Waals surface area contributed by atoms with Crippen molar-refractivity contribution in [3.8, 4) is 0 Å². The molecule has 0 saturated heterocycles. The van der Waals surface area contributed by atoms with Gasteiger partial charge in [-0.25, -0.2) is 13.1 Å². The fraction of sp³-hybridized carbons (Fsp3) is 0.500. The lowest BCUT2D eigenvalue weighted by atomic mass is 10.2. The SMILES string of the molecule is CNS(=O)(=O)c1ccc(NCCNCCOC)c([N+](=O)[O-])c1. The van der Waals surface area contributed by atoms with E-state index in [-0.39, 0.29) is 16.3 Å². The van der Waals surface area contributed by atoms with Gasteiger partial charge in [0.25, 0.3) is 5.69 Å². The molecule has 1 aromatic carbocycles. The van der Waals surface area contributed by atoms with Crippen LogP contribution < -0.4 is 15.4 Å². The average molecular weight is 332 g/mol. The Morgan fingerprint density at radius 3 is 2.59 bits per heavy atom. The number of sulfonamides is 1. The third-order valence-corrected chi connectivity index (χ3v) is 4.26. The van der Waals surface area contributed by atoms with Crippen LogP contribution >= 0.6 is 0 Å². The third kappa shape index (κ3) is 5.22. The zero-order valence-corrected chi connectivity index (χ0v) is 13.3. The second-order valence-electron chi connectivity index (χ2n) is 4.31. The van der Waals surface area contributed by atoms with Crippen LogP contribution in [-0.2, 0) is 14.8 Å². The zero-order chi connectivity index (χ0) is 16.6. The summed E-state index contributed by atoms with van der Waals surface area (Å²) in [6.07, 6.45) is 0. The molecule has 0 bridgehead atoms. The topological polar surface area (TPSA) is 123 Å². The number of nitro benzene ring substituents is 1. The van der Waals surface area contributed by atoms with Crippen molar-refractivity contribution >= 4 is 21.4 Å². The van der Waals surface area contributed by atoms with Gasteiger partial charge in [-0.3, -0.25) is 10.1 Å². The Morgan fingerprint density at radius 1 is 1.27 bits per heavy atom. The maximum atomic E-state index is 11.7. The van der Waals surface area contributed by atoms with Gasteiger partial charge in [0, 0.05) is 32.8 Å². The lowest BCUT2D eigenvalue weighted by molar-refractivity contribution is -0.384. The number of ether oxygens (including phenoxy) is 1. The molecule has 0 amide bonds. The molecule has 0 aliphatic rings. The standard InChI is InChI=1S/C12H20N4O5S/c1-13-22(19,20)10-3-4-11(12(9-10)16(17)18)15-6-5-14-7-8-21-2/h3-4,9,13-15H,5-8H2,1-2H3. The van der Waals surface area contributed by atoms with Gasteiger partial charge in [0.15, 0.2) is 0 Å². The molecule has 0 saturated carbocycles. The van der Waals surface area contributed by atoms with Gasteiger partial charge in [-0.2, -0.15) is 0 Å². The number of nitrogens with one attached hydrogen (secondary N) is 3. The lowest BCUT2D eigenvalue weighted by Gasteiger charge is -2.09. The largest absolute Gasteiger partial charge is 0.383 e. The Bertz CT molecular complexity index is 606. The van der Waals surface area contributed by atoms with Crippen LogP contribution in [0.3, 0.4) is 0 Å². The first-order valence-corrected chi connectivity index (χ1v) is 8.06. The van der Waals surface area contributed by atoms with E-state index in [1.165, 1.54) is 19.2 Å². The van der Waals surface area contributed by atoms with Crippen LogP contribution in [0, 0.1) is 10.1 Å². The number of nitrogens with zero attached hydrogens (tertiary/aromatic N) is 1. The molecule has 1 rings (SSSR count). The number of rotatable bonds is 10. The van der Waals surface area contributed by atoms with Crippen LogP contribution in [0.1, 0.15) is 0 Å². The van der Waals surface area contributed by atoms with E-state index in [0.29, 0.717) is 26.2 Å². The summed E-state index contributed by atoms with van der Waals surface area (Å²) >= 11 is 0. The highest BCUT2D eigenvalue weighted by atomic mass is 32.2. The van der Waals surface area contributed by atoms with Crippen LogP contribution in [0.4, 0.5) is 11.4 Å². The molecule has 0 spiro atoms. The van der Waals surface area contributed by atoms with Crippen molar-refractivity contribution in [1.29, 1.82) is 0 Å². The molecule has 124 valence electrons. The first kappa shape index (κ1) is 18.3. The molecule has 0 aliphatic heterocycles. The van der Waals surface area contributed by atoms with Gasteiger partial charge in [0.1, 0.15) is 5.69 Å². The van der Waals surface area contributed by atoms with Crippen LogP contribution in [0.25, 0.3) is 0 Å². The molecule has 10 heteroatoms. The third-order valence-electron chi connectivity index (χ3n) is 2.85. The molecule has 0 aromatic heterocycles. The fourth-order valence-electron chi connectivity index (χ4n) is 1.68. The van der Waals surface area contributed by atoms with E-state index < -0.39 is 14.9 Å². The van der Waals surface area contributed by atoms with Crippen molar-refractivity contribution in [3.05, 3.63) is 28.3 Å². The minimum atomic E-state index is -3.71. The van der Waals surface area contributed by atoms with Crippen molar-refractivity contribution in [2.24, 2.45) is 0 Å². The number of hydrogen-bond acceptors (Lipinski definition) is 7. The number of methoxy groups -OCH3 is 1. The number of hydrogen-bond donors (Lipinski definition) is 3. The quantitative estimate of drug-likeness (QED) is 0.317. The van der Waals surface area contributed by atoms with Crippen molar-refractivity contribution < 1.29 is 18.1 Å². The highest BCUT2D eigenvalue weighted by Crippen LogP contribution is 2.27. The smallest absolute Gasteiger partial charge is 0.293 e. The molecule has 3 N–H and O–H groups in total. The predicted molar refractivity (Wildman–Crippen MR) is 82.6 cm³/mol. The van der Waals surface area contributed by atoms with Crippen LogP contribution in [0.2, 0.25) is 0 Å². The lowest BCUT2D eigenvalue weighted by Crippen LogP contribution is -2.25. The Morgan fingerprint density at radius 2 is 2.00 bits per heavy atom. The first-order chi connectivity index (χ1) is 10.4. The minimum absolute atomic E-state index is 0.148. The molecule has 22 heavy (non-hydrogen) atoms. The van der Waals surface area contributed by atoms with E-state index in [9.17, 15) is 18.5 Å². The molecule has 0 aliphatic carbocycles. The summed E-state index contributed by atoms with van der Waals surface area (Å²) in [4.78, 5) is 10.3. The maximum absolute atomic E-state index is 11.7. The average Bonchev–Trinajstić information content (AvgIpc) is 2.50. The molecular formula is C12H20N4O5S. The Hall–Kier alpha value is -1.75. The molecule has 1 aromatic rings. The van der Waals surface area contributed by atoms with Gasteiger partial charge in [-0.1, -0.05) is 0 Å². The molecule has 0 atom stereocenters.